The van der Waals surface area contributed by atoms with Crippen molar-refractivity contribution in [3.05, 3.63) is 34.7 Å². The number of aryl methyl sites for hydroxylation is 1. The van der Waals surface area contributed by atoms with Crippen LogP contribution in [0, 0.1) is 6.92 Å². The molecule has 9 heteroatoms. The summed E-state index contributed by atoms with van der Waals surface area (Å²) < 4.78 is 0. The van der Waals surface area contributed by atoms with Crippen molar-refractivity contribution >= 4 is 39.8 Å². The first-order chi connectivity index (χ1) is 15.4. The third-order valence-electron chi connectivity index (χ3n) is 6.28. The molecule has 0 spiro atoms. The van der Waals surface area contributed by atoms with E-state index in [2.05, 4.69) is 86.9 Å². The third kappa shape index (κ3) is 4.47. The van der Waals surface area contributed by atoms with E-state index in [0.29, 0.717) is 0 Å². The number of hydrogen-bond donors (Lipinski definition) is 1. The Morgan fingerprint density at radius 1 is 1.03 bits per heavy atom. The fourth-order valence-corrected chi connectivity index (χ4v) is 4.61. The van der Waals surface area contributed by atoms with Gasteiger partial charge in [0.2, 0.25) is 0 Å². The summed E-state index contributed by atoms with van der Waals surface area (Å²) in [6.07, 6.45) is 2.48. The van der Waals surface area contributed by atoms with Crippen LogP contribution in [0.4, 0.5) is 17.2 Å². The molecule has 1 N–H and O–H groups in total. The van der Waals surface area contributed by atoms with Crippen molar-refractivity contribution in [2.24, 2.45) is 0 Å². The molecule has 0 radical (unpaired) electrons. The highest BCUT2D eigenvalue weighted by molar-refractivity contribution is 6.31. The van der Waals surface area contributed by atoms with Gasteiger partial charge in [-0.3, -0.25) is 5.10 Å². The molecule has 0 amide bonds. The quantitative estimate of drug-likeness (QED) is 0.585. The number of likely N-dealkylation sites (N-methyl/N-ethyl adjacent to an activating group) is 2. The summed E-state index contributed by atoms with van der Waals surface area (Å²) in [7, 11) is 6.34. The number of nitrogens with one attached hydrogen (secondary N) is 1. The summed E-state index contributed by atoms with van der Waals surface area (Å²) in [4.78, 5) is 18.3. The predicted molar refractivity (Wildman–Crippen MR) is 134 cm³/mol. The van der Waals surface area contributed by atoms with Crippen LogP contribution in [0.3, 0.4) is 0 Å². The molecule has 1 aromatic carbocycles. The Hall–Kier alpha value is -2.58. The standard InChI is InChI=1S/C23H33ClN8/c1-6-18-21-22(28-27-18)25-15-26-23(21)32-11-9-31(10-12-32)20-14-17(24)13-19(16(20)2)30(5)8-7-29(3)4/h13-15H,6-12H2,1-5H3,(H,25,26,27,28). The zero-order valence-corrected chi connectivity index (χ0v) is 20.4. The van der Waals surface area contributed by atoms with Crippen molar-refractivity contribution in [3.8, 4) is 0 Å². The maximum absolute atomic E-state index is 6.56. The first-order valence-corrected chi connectivity index (χ1v) is 11.6. The van der Waals surface area contributed by atoms with Crippen molar-refractivity contribution in [3.63, 3.8) is 0 Å². The Morgan fingerprint density at radius 2 is 1.75 bits per heavy atom. The largest absolute Gasteiger partial charge is 0.373 e. The molecule has 0 aliphatic carbocycles. The second-order valence-electron chi connectivity index (χ2n) is 8.71. The molecule has 172 valence electrons. The molecule has 1 fully saturated rings. The van der Waals surface area contributed by atoms with Gasteiger partial charge >= 0.3 is 0 Å². The van der Waals surface area contributed by atoms with E-state index in [-0.39, 0.29) is 0 Å². The van der Waals surface area contributed by atoms with Crippen molar-refractivity contribution in [1.82, 2.24) is 25.1 Å². The second kappa shape index (κ2) is 9.50. The van der Waals surface area contributed by atoms with E-state index in [4.69, 9.17) is 11.6 Å². The molecular weight excluding hydrogens is 424 g/mol. The van der Waals surface area contributed by atoms with Crippen molar-refractivity contribution in [1.29, 1.82) is 0 Å². The zero-order chi connectivity index (χ0) is 22.8. The SMILES string of the molecule is CCc1n[nH]c2ncnc(N3CCN(c4cc(Cl)cc(N(C)CCN(C)C)c4C)CC3)c12. The van der Waals surface area contributed by atoms with E-state index in [1.54, 1.807) is 6.33 Å². The second-order valence-corrected chi connectivity index (χ2v) is 9.15. The Kier molecular flexibility index (Phi) is 6.71. The number of nitrogens with zero attached hydrogens (tertiary/aromatic N) is 7. The highest BCUT2D eigenvalue weighted by Crippen LogP contribution is 2.34. The topological polar surface area (TPSA) is 67.4 Å². The van der Waals surface area contributed by atoms with E-state index >= 15 is 0 Å². The van der Waals surface area contributed by atoms with Gasteiger partial charge in [0.05, 0.1) is 11.1 Å². The summed E-state index contributed by atoms with van der Waals surface area (Å²) in [5, 5.41) is 9.29. The molecule has 0 bridgehead atoms. The number of halogens is 1. The van der Waals surface area contributed by atoms with Gasteiger partial charge in [-0.2, -0.15) is 5.10 Å². The molecule has 1 aliphatic heterocycles. The fourth-order valence-electron chi connectivity index (χ4n) is 4.40. The number of rotatable bonds is 7. The van der Waals surface area contributed by atoms with Crippen LogP contribution in [-0.2, 0) is 6.42 Å². The summed E-state index contributed by atoms with van der Waals surface area (Å²) in [6, 6.07) is 4.18. The number of H-pyrrole nitrogens is 1. The lowest BCUT2D eigenvalue weighted by molar-refractivity contribution is 0.416. The molecular formula is C23H33ClN8. The van der Waals surface area contributed by atoms with Gasteiger partial charge in [-0.05, 0) is 45.1 Å². The molecule has 8 nitrogen and oxygen atoms in total. The molecule has 4 rings (SSSR count). The molecule has 1 saturated heterocycles. The lowest BCUT2D eigenvalue weighted by atomic mass is 10.1. The monoisotopic (exact) mass is 456 g/mol. The molecule has 0 saturated carbocycles. The van der Waals surface area contributed by atoms with E-state index in [1.165, 1.54) is 16.9 Å². The van der Waals surface area contributed by atoms with Gasteiger partial charge in [-0.15, -0.1) is 0 Å². The number of aromatic amines is 1. The summed E-state index contributed by atoms with van der Waals surface area (Å²) >= 11 is 6.56. The number of aromatic nitrogens is 4. The van der Waals surface area contributed by atoms with Gasteiger partial charge in [-0.25, -0.2) is 9.97 Å². The average Bonchev–Trinajstić information content (AvgIpc) is 3.22. The number of benzene rings is 1. The molecule has 2 aromatic heterocycles. The van der Waals surface area contributed by atoms with Crippen LogP contribution >= 0.6 is 11.6 Å². The summed E-state index contributed by atoms with van der Waals surface area (Å²) in [5.74, 6) is 0.979. The third-order valence-corrected chi connectivity index (χ3v) is 6.50. The number of hydrogen-bond acceptors (Lipinski definition) is 7. The molecule has 32 heavy (non-hydrogen) atoms. The maximum Gasteiger partial charge on any atom is 0.160 e. The van der Waals surface area contributed by atoms with Gasteiger partial charge < -0.3 is 19.6 Å². The molecule has 0 atom stereocenters. The van der Waals surface area contributed by atoms with Crippen LogP contribution in [0.1, 0.15) is 18.2 Å². The Balaban J connectivity index is 1.53. The maximum atomic E-state index is 6.56. The van der Waals surface area contributed by atoms with Crippen molar-refractivity contribution in [2.45, 2.75) is 20.3 Å². The Labute approximate surface area is 195 Å². The first kappa shape index (κ1) is 22.6. The Morgan fingerprint density at radius 3 is 2.44 bits per heavy atom. The zero-order valence-electron chi connectivity index (χ0n) is 19.7. The smallest absolute Gasteiger partial charge is 0.160 e. The summed E-state index contributed by atoms with van der Waals surface area (Å²) in [6.45, 7) is 9.86. The average molecular weight is 457 g/mol. The predicted octanol–water partition coefficient (Wildman–Crippen LogP) is 3.20. The van der Waals surface area contributed by atoms with Crippen molar-refractivity contribution in [2.75, 3.05) is 75.1 Å². The van der Waals surface area contributed by atoms with Crippen LogP contribution in [0.5, 0.6) is 0 Å². The first-order valence-electron chi connectivity index (χ1n) is 11.2. The van der Waals surface area contributed by atoms with Crippen molar-refractivity contribution < 1.29 is 0 Å². The van der Waals surface area contributed by atoms with Gasteiger partial charge in [0.1, 0.15) is 12.1 Å². The van der Waals surface area contributed by atoms with Gasteiger partial charge in [0, 0.05) is 62.7 Å². The van der Waals surface area contributed by atoms with E-state index < -0.39 is 0 Å². The van der Waals surface area contributed by atoms with E-state index in [0.717, 1.165) is 73.3 Å². The Bertz CT molecular complexity index is 1070. The van der Waals surface area contributed by atoms with Crippen LogP contribution in [0.2, 0.25) is 5.02 Å². The molecule has 1 aliphatic rings. The minimum absolute atomic E-state index is 0.781. The van der Waals surface area contributed by atoms with Gasteiger partial charge in [0.15, 0.2) is 5.65 Å². The molecule has 3 heterocycles. The lowest BCUT2D eigenvalue weighted by Gasteiger charge is -2.38. The minimum Gasteiger partial charge on any atom is -0.373 e. The van der Waals surface area contributed by atoms with Crippen LogP contribution in [0.15, 0.2) is 18.5 Å². The highest BCUT2D eigenvalue weighted by atomic mass is 35.5. The number of fused-ring (bicyclic) bond motifs is 1. The summed E-state index contributed by atoms with van der Waals surface area (Å²) in [5.41, 5.74) is 5.52. The lowest BCUT2D eigenvalue weighted by Crippen LogP contribution is -2.47. The fraction of sp³-hybridized carbons (Fsp3) is 0.522. The van der Waals surface area contributed by atoms with Gasteiger partial charge in [-0.1, -0.05) is 18.5 Å². The number of piperazine rings is 1. The van der Waals surface area contributed by atoms with E-state index in [9.17, 15) is 0 Å². The molecule has 3 aromatic rings. The highest BCUT2D eigenvalue weighted by Gasteiger charge is 2.24. The minimum atomic E-state index is 0.781. The van der Waals surface area contributed by atoms with Crippen LogP contribution in [-0.4, -0.2) is 85.5 Å². The van der Waals surface area contributed by atoms with Crippen LogP contribution < -0.4 is 14.7 Å². The van der Waals surface area contributed by atoms with Gasteiger partial charge in [0.25, 0.3) is 0 Å². The molecule has 0 unspecified atom stereocenters. The number of anilines is 3. The normalized spacial score (nSPS) is 14.6. The van der Waals surface area contributed by atoms with E-state index in [1.807, 2.05) is 0 Å². The van der Waals surface area contributed by atoms with Crippen LogP contribution in [0.25, 0.3) is 11.0 Å².